The van der Waals surface area contributed by atoms with Gasteiger partial charge in [-0.3, -0.25) is 9.97 Å². The molecule has 2 aromatic rings. The number of allylic oxidation sites excluding steroid dienone is 1. The van der Waals surface area contributed by atoms with Crippen LogP contribution in [0, 0.1) is 0 Å². The van der Waals surface area contributed by atoms with Gasteiger partial charge < -0.3 is 4.90 Å². The number of fused-ring (bicyclic) bond motifs is 1. The molecule has 22 heavy (non-hydrogen) atoms. The topological polar surface area (TPSA) is 29.0 Å². The second kappa shape index (κ2) is 6.01. The Kier molecular flexibility index (Phi) is 3.73. The summed E-state index contributed by atoms with van der Waals surface area (Å²) in [5.41, 5.74) is 7.04. The first kappa shape index (κ1) is 13.6. The Labute approximate surface area is 131 Å². The van der Waals surface area contributed by atoms with Crippen LogP contribution in [0.1, 0.15) is 29.7 Å². The summed E-state index contributed by atoms with van der Waals surface area (Å²) in [5, 5.41) is 0. The van der Waals surface area contributed by atoms with Crippen LogP contribution in [0.2, 0.25) is 0 Å². The Morgan fingerprint density at radius 2 is 2.00 bits per heavy atom. The molecule has 1 saturated heterocycles. The van der Waals surface area contributed by atoms with Crippen molar-refractivity contribution in [1.29, 1.82) is 0 Å². The minimum atomic E-state index is 0.903. The first-order valence-corrected chi connectivity index (χ1v) is 8.16. The normalized spacial score (nSPS) is 17.5. The number of benzene rings is 1. The van der Waals surface area contributed by atoms with Crippen molar-refractivity contribution in [2.75, 3.05) is 19.6 Å². The molecule has 1 aliphatic heterocycles. The summed E-state index contributed by atoms with van der Waals surface area (Å²) in [7, 11) is 0. The summed E-state index contributed by atoms with van der Waals surface area (Å²) < 4.78 is 0. The van der Waals surface area contributed by atoms with Crippen molar-refractivity contribution < 1.29 is 0 Å². The van der Waals surface area contributed by atoms with Gasteiger partial charge in [0.25, 0.3) is 0 Å². The van der Waals surface area contributed by atoms with Gasteiger partial charge in [-0.1, -0.05) is 29.8 Å². The lowest BCUT2D eigenvalue weighted by molar-refractivity contribution is 0.184. The van der Waals surface area contributed by atoms with E-state index in [1.165, 1.54) is 49.2 Å². The summed E-state index contributed by atoms with van der Waals surface area (Å²) in [5.74, 6) is 0. The number of nitrogens with zero attached hydrogens (tertiary/aromatic N) is 3. The first-order chi connectivity index (χ1) is 10.9. The van der Waals surface area contributed by atoms with E-state index in [0.29, 0.717) is 0 Å². The molecule has 4 rings (SSSR count). The van der Waals surface area contributed by atoms with Gasteiger partial charge in [-0.15, -0.1) is 0 Å². The molecular weight excluding hydrogens is 270 g/mol. The fourth-order valence-corrected chi connectivity index (χ4v) is 3.46. The summed E-state index contributed by atoms with van der Waals surface area (Å²) in [6.45, 7) is 3.76. The molecule has 0 amide bonds. The van der Waals surface area contributed by atoms with Gasteiger partial charge in [0.05, 0.1) is 5.69 Å². The van der Waals surface area contributed by atoms with Crippen LogP contribution < -0.4 is 0 Å². The summed E-state index contributed by atoms with van der Waals surface area (Å²) in [6, 6.07) is 8.82. The summed E-state index contributed by atoms with van der Waals surface area (Å²) in [6.07, 6.45) is 9.98. The van der Waals surface area contributed by atoms with E-state index in [1.54, 1.807) is 18.0 Å². The molecular formula is C19H21N3. The number of hydrogen-bond donors (Lipinski definition) is 0. The van der Waals surface area contributed by atoms with Gasteiger partial charge in [0.1, 0.15) is 0 Å². The van der Waals surface area contributed by atoms with E-state index in [1.807, 2.05) is 6.20 Å². The third-order valence-electron chi connectivity index (χ3n) is 4.83. The van der Waals surface area contributed by atoms with Crippen LogP contribution in [0.5, 0.6) is 0 Å². The van der Waals surface area contributed by atoms with Crippen LogP contribution in [0.3, 0.4) is 0 Å². The van der Waals surface area contributed by atoms with E-state index in [0.717, 1.165) is 18.5 Å². The first-order valence-electron chi connectivity index (χ1n) is 8.16. The van der Waals surface area contributed by atoms with Crippen molar-refractivity contribution in [3.05, 3.63) is 65.2 Å². The largest absolute Gasteiger partial charge is 0.303 e. The lowest BCUT2D eigenvalue weighted by Gasteiger charge is -2.30. The fourth-order valence-electron chi connectivity index (χ4n) is 3.46. The predicted molar refractivity (Wildman–Crippen MR) is 88.5 cm³/mol. The zero-order chi connectivity index (χ0) is 14.8. The van der Waals surface area contributed by atoms with Gasteiger partial charge in [0.15, 0.2) is 0 Å². The van der Waals surface area contributed by atoms with Crippen molar-refractivity contribution in [1.82, 2.24) is 14.9 Å². The number of hydrogen-bond acceptors (Lipinski definition) is 3. The predicted octanol–water partition coefficient (Wildman–Crippen LogP) is 3.12. The van der Waals surface area contributed by atoms with Crippen LogP contribution in [-0.4, -0.2) is 34.5 Å². The Hall–Kier alpha value is -2.00. The molecule has 112 valence electrons. The molecule has 0 radical (unpaired) electrons. The SMILES string of the molecule is c1ccc2c(c1)CC(CCN1CCC1)=C2Cc1cnccn1. The van der Waals surface area contributed by atoms with Crippen molar-refractivity contribution >= 4 is 5.57 Å². The quantitative estimate of drug-likeness (QED) is 0.847. The van der Waals surface area contributed by atoms with E-state index in [4.69, 9.17) is 0 Å². The Morgan fingerprint density at radius 1 is 1.09 bits per heavy atom. The van der Waals surface area contributed by atoms with Crippen LogP contribution in [0.25, 0.3) is 5.57 Å². The van der Waals surface area contributed by atoms with Gasteiger partial charge in [-0.25, -0.2) is 0 Å². The molecule has 0 spiro atoms. The van der Waals surface area contributed by atoms with E-state index in [2.05, 4.69) is 39.1 Å². The minimum Gasteiger partial charge on any atom is -0.303 e. The average Bonchev–Trinajstić information content (AvgIpc) is 2.85. The Morgan fingerprint density at radius 3 is 2.77 bits per heavy atom. The van der Waals surface area contributed by atoms with E-state index < -0.39 is 0 Å². The fraction of sp³-hybridized carbons (Fsp3) is 0.368. The lowest BCUT2D eigenvalue weighted by atomic mass is 9.99. The maximum Gasteiger partial charge on any atom is 0.0630 e. The van der Waals surface area contributed by atoms with E-state index >= 15 is 0 Å². The molecule has 3 heteroatoms. The van der Waals surface area contributed by atoms with Crippen LogP contribution in [0.4, 0.5) is 0 Å². The molecule has 1 aromatic carbocycles. The van der Waals surface area contributed by atoms with Gasteiger partial charge in [0.2, 0.25) is 0 Å². The molecule has 0 unspecified atom stereocenters. The lowest BCUT2D eigenvalue weighted by Crippen LogP contribution is -2.37. The van der Waals surface area contributed by atoms with Crippen molar-refractivity contribution in [3.8, 4) is 0 Å². The van der Waals surface area contributed by atoms with Gasteiger partial charge in [0, 0.05) is 31.6 Å². The standard InChI is InChI=1S/C19H21N3/c1-2-5-18-15(4-1)12-16(6-11-22-9-3-10-22)19(18)13-17-14-20-7-8-21-17/h1-2,4-5,7-8,14H,3,6,9-13H2. The maximum atomic E-state index is 4.47. The Bertz CT molecular complexity index is 687. The molecule has 0 saturated carbocycles. The third-order valence-corrected chi connectivity index (χ3v) is 4.83. The molecule has 1 aliphatic carbocycles. The molecule has 0 atom stereocenters. The third kappa shape index (κ3) is 2.69. The highest BCUT2D eigenvalue weighted by molar-refractivity contribution is 5.77. The monoisotopic (exact) mass is 291 g/mol. The zero-order valence-electron chi connectivity index (χ0n) is 12.8. The number of rotatable bonds is 5. The summed E-state index contributed by atoms with van der Waals surface area (Å²) >= 11 is 0. The number of likely N-dealkylation sites (tertiary alicyclic amines) is 1. The van der Waals surface area contributed by atoms with E-state index in [9.17, 15) is 0 Å². The molecule has 2 heterocycles. The maximum absolute atomic E-state index is 4.47. The zero-order valence-corrected chi connectivity index (χ0v) is 12.8. The molecule has 0 N–H and O–H groups in total. The Balaban J connectivity index is 1.60. The highest BCUT2D eigenvalue weighted by Crippen LogP contribution is 2.36. The molecule has 1 fully saturated rings. The average molecular weight is 291 g/mol. The molecule has 3 nitrogen and oxygen atoms in total. The van der Waals surface area contributed by atoms with Crippen molar-refractivity contribution in [3.63, 3.8) is 0 Å². The molecule has 2 aliphatic rings. The highest BCUT2D eigenvalue weighted by atomic mass is 15.2. The number of aromatic nitrogens is 2. The summed E-state index contributed by atoms with van der Waals surface area (Å²) in [4.78, 5) is 11.2. The molecule has 0 bridgehead atoms. The van der Waals surface area contributed by atoms with Crippen LogP contribution in [0.15, 0.2) is 48.4 Å². The van der Waals surface area contributed by atoms with E-state index in [-0.39, 0.29) is 0 Å². The van der Waals surface area contributed by atoms with Gasteiger partial charge in [-0.05, 0) is 49.1 Å². The minimum absolute atomic E-state index is 0.903. The second-order valence-electron chi connectivity index (χ2n) is 6.23. The second-order valence-corrected chi connectivity index (χ2v) is 6.23. The highest BCUT2D eigenvalue weighted by Gasteiger charge is 2.22. The van der Waals surface area contributed by atoms with Gasteiger partial charge in [-0.2, -0.15) is 0 Å². The smallest absolute Gasteiger partial charge is 0.0630 e. The van der Waals surface area contributed by atoms with Crippen molar-refractivity contribution in [2.45, 2.75) is 25.7 Å². The van der Waals surface area contributed by atoms with Crippen LogP contribution in [-0.2, 0) is 12.8 Å². The van der Waals surface area contributed by atoms with Crippen LogP contribution >= 0.6 is 0 Å². The van der Waals surface area contributed by atoms with Crippen molar-refractivity contribution in [2.24, 2.45) is 0 Å². The van der Waals surface area contributed by atoms with Gasteiger partial charge >= 0.3 is 0 Å². The molecule has 1 aromatic heterocycles.